The molecule has 2 aromatic carbocycles. The van der Waals surface area contributed by atoms with E-state index in [4.69, 9.17) is 15.2 Å². The third kappa shape index (κ3) is 4.55. The van der Waals surface area contributed by atoms with Gasteiger partial charge in [0.1, 0.15) is 17.6 Å². The molecule has 0 aliphatic carbocycles. The van der Waals surface area contributed by atoms with Crippen LogP contribution in [0.1, 0.15) is 16.4 Å². The van der Waals surface area contributed by atoms with Crippen LogP contribution in [-0.2, 0) is 20.9 Å². The number of benzene rings is 2. The second kappa shape index (κ2) is 10.2. The lowest BCUT2D eigenvalue weighted by atomic mass is 9.83. The number of methoxy groups -OCH3 is 2. The third-order valence-electron chi connectivity index (χ3n) is 6.47. The van der Waals surface area contributed by atoms with E-state index in [9.17, 15) is 28.4 Å². The zero-order valence-electron chi connectivity index (χ0n) is 20.5. The average Bonchev–Trinajstić information content (AvgIpc) is 3.35. The van der Waals surface area contributed by atoms with E-state index in [0.717, 1.165) is 23.1 Å². The smallest absolute Gasteiger partial charge is 0.328 e. The molecule has 2 aliphatic heterocycles. The summed E-state index contributed by atoms with van der Waals surface area (Å²) in [6.07, 6.45) is 0. The molecular weight excluding hydrogens is 551 g/mol. The van der Waals surface area contributed by atoms with Crippen LogP contribution in [0.3, 0.4) is 0 Å². The van der Waals surface area contributed by atoms with Crippen LogP contribution in [0.15, 0.2) is 52.3 Å². The summed E-state index contributed by atoms with van der Waals surface area (Å²) >= 11 is 1.78. The molecule has 5 amide bonds. The number of nitrogens with one attached hydrogen (secondary N) is 1. The number of ether oxygens (including phenoxy) is 2. The predicted molar refractivity (Wildman–Crippen MR) is 140 cm³/mol. The number of carbonyl (C=O) groups excluding carboxylic acids is 4. The van der Waals surface area contributed by atoms with E-state index >= 15 is 0 Å². The highest BCUT2D eigenvalue weighted by atomic mass is 32.2. The van der Waals surface area contributed by atoms with Gasteiger partial charge in [-0.3, -0.25) is 23.7 Å². The SMILES string of the molecule is COc1ccc(C2c3sc(=O)n(CC(=O)Nc4ccc(F)cc4)c3SC3C(=O)N(C(N)=O)C(=O)C32)cc1OC. The maximum absolute atomic E-state index is 13.3. The Hall–Kier alpha value is -4.17. The van der Waals surface area contributed by atoms with Gasteiger partial charge in [-0.15, -0.1) is 0 Å². The molecule has 39 heavy (non-hydrogen) atoms. The van der Waals surface area contributed by atoms with Gasteiger partial charge in [0.05, 0.1) is 25.2 Å². The average molecular weight is 573 g/mol. The Morgan fingerprint density at radius 3 is 2.36 bits per heavy atom. The molecule has 3 heterocycles. The van der Waals surface area contributed by atoms with Crippen molar-refractivity contribution in [2.45, 2.75) is 22.7 Å². The normalized spacial score (nSPS) is 19.9. The van der Waals surface area contributed by atoms with Crippen molar-refractivity contribution in [3.8, 4) is 11.5 Å². The van der Waals surface area contributed by atoms with E-state index in [1.165, 1.54) is 43.1 Å². The van der Waals surface area contributed by atoms with Crippen molar-refractivity contribution in [3.63, 3.8) is 0 Å². The summed E-state index contributed by atoms with van der Waals surface area (Å²) in [6, 6.07) is 8.90. The monoisotopic (exact) mass is 572 g/mol. The number of likely N-dealkylation sites (tertiary alicyclic amines) is 1. The van der Waals surface area contributed by atoms with Gasteiger partial charge in [0.15, 0.2) is 11.5 Å². The molecule has 1 saturated heterocycles. The van der Waals surface area contributed by atoms with Crippen LogP contribution in [0.4, 0.5) is 14.9 Å². The van der Waals surface area contributed by atoms with Crippen LogP contribution in [0.2, 0.25) is 0 Å². The van der Waals surface area contributed by atoms with Crippen LogP contribution >= 0.6 is 23.1 Å². The summed E-state index contributed by atoms with van der Waals surface area (Å²) in [7, 11) is 2.91. The molecule has 0 bridgehead atoms. The van der Waals surface area contributed by atoms with Gasteiger partial charge in [-0.05, 0) is 42.0 Å². The van der Waals surface area contributed by atoms with Crippen LogP contribution in [0.25, 0.3) is 0 Å². The van der Waals surface area contributed by atoms with Gasteiger partial charge in [0.25, 0.3) is 5.91 Å². The number of rotatable bonds is 6. The molecule has 2 aliphatic rings. The molecular formula is C25H21FN4O7S2. The maximum Gasteiger partial charge on any atom is 0.328 e. The second-order valence-corrected chi connectivity index (χ2v) is 10.8. The minimum atomic E-state index is -1.19. The van der Waals surface area contributed by atoms with Crippen LogP contribution < -0.4 is 25.4 Å². The number of aromatic nitrogens is 1. The minimum Gasteiger partial charge on any atom is -0.493 e. The van der Waals surface area contributed by atoms with Gasteiger partial charge in [0.2, 0.25) is 11.8 Å². The number of nitrogens with zero attached hydrogens (tertiary/aromatic N) is 2. The Kier molecular flexibility index (Phi) is 6.91. The fourth-order valence-corrected chi connectivity index (χ4v) is 7.53. The number of anilines is 1. The topological polar surface area (TPSA) is 150 Å². The zero-order chi connectivity index (χ0) is 28.0. The summed E-state index contributed by atoms with van der Waals surface area (Å²) in [4.78, 5) is 64.8. The number of nitrogens with two attached hydrogens (primary N) is 1. The van der Waals surface area contributed by atoms with Gasteiger partial charge in [-0.25, -0.2) is 9.18 Å². The molecule has 202 valence electrons. The highest BCUT2D eigenvalue weighted by Gasteiger charge is 2.58. The largest absolute Gasteiger partial charge is 0.493 e. The molecule has 1 aromatic heterocycles. The molecule has 3 unspecified atom stereocenters. The number of primary amides is 1. The molecule has 5 rings (SSSR count). The van der Waals surface area contributed by atoms with Crippen LogP contribution in [0, 0.1) is 11.7 Å². The van der Waals surface area contributed by atoms with Crippen molar-refractivity contribution in [2.24, 2.45) is 11.7 Å². The number of amides is 5. The molecule has 3 aromatic rings. The fourth-order valence-electron chi connectivity index (χ4n) is 4.76. The van der Waals surface area contributed by atoms with Crippen LogP contribution in [-0.4, -0.2) is 52.7 Å². The number of hydrogen-bond donors (Lipinski definition) is 2. The number of hydrogen-bond acceptors (Lipinski definition) is 9. The summed E-state index contributed by atoms with van der Waals surface area (Å²) in [5, 5.41) is 1.87. The number of fused-ring (bicyclic) bond motifs is 2. The van der Waals surface area contributed by atoms with E-state index in [1.54, 1.807) is 18.2 Å². The lowest BCUT2D eigenvalue weighted by Crippen LogP contribution is -2.41. The van der Waals surface area contributed by atoms with Gasteiger partial charge < -0.3 is 20.5 Å². The summed E-state index contributed by atoms with van der Waals surface area (Å²) in [6.45, 7) is -0.396. The standard InChI is InChI=1S/C25H21FN4O7S2/c1-36-14-8-3-11(9-15(14)37-2)17-18-19(22(33)30(21(18)32)24(27)34)38-23-20(17)39-25(35)29(23)10-16(31)28-13-6-4-12(26)5-7-13/h3-9,17-19H,10H2,1-2H3,(H2,27,34)(H,28,31). The molecule has 14 heteroatoms. The quantitative estimate of drug-likeness (QED) is 0.428. The van der Waals surface area contributed by atoms with Gasteiger partial charge in [-0.2, -0.15) is 4.90 Å². The van der Waals surface area contributed by atoms with Gasteiger partial charge in [-0.1, -0.05) is 29.2 Å². The van der Waals surface area contributed by atoms with Crippen molar-refractivity contribution in [2.75, 3.05) is 19.5 Å². The zero-order valence-corrected chi connectivity index (χ0v) is 22.1. The maximum atomic E-state index is 13.3. The van der Waals surface area contributed by atoms with E-state index in [-0.39, 0.29) is 0 Å². The first-order chi connectivity index (χ1) is 18.6. The Balaban J connectivity index is 1.59. The number of carbonyl (C=O) groups is 4. The molecule has 0 saturated carbocycles. The first kappa shape index (κ1) is 26.4. The number of urea groups is 1. The van der Waals surface area contributed by atoms with Crippen molar-refractivity contribution >= 4 is 52.5 Å². The summed E-state index contributed by atoms with van der Waals surface area (Å²) in [5.41, 5.74) is 6.23. The number of thioether (sulfide) groups is 1. The molecule has 11 nitrogen and oxygen atoms in total. The highest BCUT2D eigenvalue weighted by molar-refractivity contribution is 8.00. The fraction of sp³-hybridized carbons (Fsp3) is 0.240. The number of halogens is 1. The Bertz CT molecular complexity index is 1570. The van der Waals surface area contributed by atoms with Gasteiger partial charge in [0, 0.05) is 16.5 Å². The third-order valence-corrected chi connectivity index (χ3v) is 9.07. The molecule has 1 fully saturated rings. The first-order valence-corrected chi connectivity index (χ1v) is 13.2. The Labute approximate surface area is 228 Å². The predicted octanol–water partition coefficient (Wildman–Crippen LogP) is 2.37. The number of imide groups is 3. The lowest BCUT2D eigenvalue weighted by Gasteiger charge is -2.31. The van der Waals surface area contributed by atoms with Gasteiger partial charge >= 0.3 is 10.9 Å². The first-order valence-electron chi connectivity index (χ1n) is 11.5. The minimum absolute atomic E-state index is 0.327. The van der Waals surface area contributed by atoms with Crippen LogP contribution in [0.5, 0.6) is 11.5 Å². The van der Waals surface area contributed by atoms with Crippen molar-refractivity contribution < 1.29 is 33.0 Å². The van der Waals surface area contributed by atoms with E-state index in [0.29, 0.717) is 37.6 Å². The van der Waals surface area contributed by atoms with E-state index < -0.39 is 58.1 Å². The number of thiazole rings is 1. The lowest BCUT2D eigenvalue weighted by molar-refractivity contribution is -0.135. The van der Waals surface area contributed by atoms with E-state index in [1.807, 2.05) is 0 Å². The van der Waals surface area contributed by atoms with Crippen molar-refractivity contribution in [3.05, 3.63) is 68.4 Å². The van der Waals surface area contributed by atoms with Crippen molar-refractivity contribution in [1.29, 1.82) is 0 Å². The molecule has 0 radical (unpaired) electrons. The second-order valence-electron chi connectivity index (χ2n) is 8.69. The Morgan fingerprint density at radius 2 is 1.72 bits per heavy atom. The van der Waals surface area contributed by atoms with E-state index in [2.05, 4.69) is 5.32 Å². The molecule has 3 N–H and O–H groups in total. The summed E-state index contributed by atoms with van der Waals surface area (Å²) < 4.78 is 25.2. The molecule has 3 atom stereocenters. The summed E-state index contributed by atoms with van der Waals surface area (Å²) in [5.74, 6) is -3.63. The highest BCUT2D eigenvalue weighted by Crippen LogP contribution is 2.54. The Morgan fingerprint density at radius 1 is 1.03 bits per heavy atom. The van der Waals surface area contributed by atoms with Crippen molar-refractivity contribution in [1.82, 2.24) is 9.47 Å². The molecule has 0 spiro atoms.